The lowest BCUT2D eigenvalue weighted by Crippen LogP contribution is -2.32. The van der Waals surface area contributed by atoms with Gasteiger partial charge in [0.15, 0.2) is 0 Å². The van der Waals surface area contributed by atoms with E-state index in [0.29, 0.717) is 0 Å². The predicted molar refractivity (Wildman–Crippen MR) is 47.8 cm³/mol. The van der Waals surface area contributed by atoms with Crippen LogP contribution in [0.3, 0.4) is 0 Å². The third kappa shape index (κ3) is 2.62. The zero-order valence-corrected chi connectivity index (χ0v) is 9.90. The van der Waals surface area contributed by atoms with Gasteiger partial charge in [-0.05, 0) is 19.8 Å². The molecule has 0 atom stereocenters. The molecule has 0 unspecified atom stereocenters. The van der Waals surface area contributed by atoms with Crippen LogP contribution in [0.4, 0.5) is 0 Å². The highest BCUT2D eigenvalue weighted by Crippen LogP contribution is 2.25. The van der Waals surface area contributed by atoms with E-state index in [-0.39, 0.29) is 5.60 Å². The summed E-state index contributed by atoms with van der Waals surface area (Å²) in [5, 5.41) is 0. The fourth-order valence-corrected chi connectivity index (χ4v) is 1.77. The van der Waals surface area contributed by atoms with Crippen LogP contribution < -0.4 is 0 Å². The van der Waals surface area contributed by atoms with E-state index < -0.39 is 0 Å². The Labute approximate surface area is 72.9 Å². The molecule has 2 heteroatoms. The zero-order valence-electron chi connectivity index (χ0n) is 7.90. The third-order valence-electron chi connectivity index (χ3n) is 2.49. The van der Waals surface area contributed by atoms with Gasteiger partial charge in [0.1, 0.15) is 0 Å². The molecule has 10 heavy (non-hydrogen) atoms. The van der Waals surface area contributed by atoms with Crippen molar-refractivity contribution in [3.05, 3.63) is 0 Å². The molecule has 0 aromatic heterocycles. The molecule has 60 valence electrons. The van der Waals surface area contributed by atoms with Crippen molar-refractivity contribution in [2.45, 2.75) is 46.1 Å². The summed E-state index contributed by atoms with van der Waals surface area (Å²) in [6.45, 7) is 8.85. The molecule has 0 saturated carbocycles. The molecule has 0 aliphatic rings. The standard InChI is InChI=1S/C8H17O.Al.2H/c1-5-7(6-2)8(3,4)9;;;/h7H,5-6H2,1-4H3;;;/q-1;+1;;. The fourth-order valence-electron chi connectivity index (χ4n) is 1.44. The largest absolute Gasteiger partial charge is 0.501 e. The monoisotopic (exact) mass is 158 g/mol. The van der Waals surface area contributed by atoms with Gasteiger partial charge in [0.05, 0.1) is 0 Å². The molecule has 0 bridgehead atoms. The Hall–Kier alpha value is 0.492. The summed E-state index contributed by atoms with van der Waals surface area (Å²) in [5.41, 5.74) is 0.121. The smallest absolute Gasteiger partial charge is 0.410 e. The van der Waals surface area contributed by atoms with Crippen molar-refractivity contribution < 1.29 is 3.79 Å². The van der Waals surface area contributed by atoms with Gasteiger partial charge in [-0.15, -0.1) is 0 Å². The second-order valence-electron chi connectivity index (χ2n) is 3.32. The van der Waals surface area contributed by atoms with Crippen LogP contribution in [0, 0.1) is 5.92 Å². The Morgan fingerprint density at radius 1 is 1.30 bits per heavy atom. The first-order valence-corrected chi connectivity index (χ1v) is 4.95. The zero-order chi connectivity index (χ0) is 8.20. The first kappa shape index (κ1) is 10.5. The molecule has 0 heterocycles. The summed E-state index contributed by atoms with van der Waals surface area (Å²) in [6.07, 6.45) is 2.46. The van der Waals surface area contributed by atoms with Crippen LogP contribution in [0.15, 0.2) is 0 Å². The molecule has 0 fully saturated rings. The van der Waals surface area contributed by atoms with Gasteiger partial charge in [0, 0.05) is 5.60 Å². The van der Waals surface area contributed by atoms with Gasteiger partial charge in [-0.1, -0.05) is 26.7 Å². The van der Waals surface area contributed by atoms with Gasteiger partial charge in [-0.2, -0.15) is 0 Å². The normalized spacial score (nSPS) is 12.5. The highest BCUT2D eigenvalue weighted by atomic mass is 27.1. The lowest BCUT2D eigenvalue weighted by molar-refractivity contribution is 0.0487. The average Bonchev–Trinajstić information content (AvgIpc) is 1.90. The lowest BCUT2D eigenvalue weighted by atomic mass is 9.87. The van der Waals surface area contributed by atoms with Gasteiger partial charge in [0.25, 0.3) is 0 Å². The Bertz CT molecular complexity index is 87.3. The van der Waals surface area contributed by atoms with E-state index in [1.54, 1.807) is 0 Å². The topological polar surface area (TPSA) is 9.23 Å². The molecule has 0 aromatic carbocycles. The average molecular weight is 158 g/mol. The minimum atomic E-state index is 0.121. The summed E-state index contributed by atoms with van der Waals surface area (Å²) in [4.78, 5) is 0. The van der Waals surface area contributed by atoms with Crippen molar-refractivity contribution in [2.24, 2.45) is 5.92 Å². The Morgan fingerprint density at radius 3 is 1.80 bits per heavy atom. The van der Waals surface area contributed by atoms with Crippen LogP contribution in [0.1, 0.15) is 40.5 Å². The van der Waals surface area contributed by atoms with E-state index in [9.17, 15) is 0 Å². The van der Waals surface area contributed by atoms with E-state index in [0.717, 1.165) is 22.5 Å². The molecule has 0 spiro atoms. The predicted octanol–water partition coefficient (Wildman–Crippen LogP) is 1.77. The van der Waals surface area contributed by atoms with Crippen LogP contribution in [0.25, 0.3) is 0 Å². The third-order valence-corrected chi connectivity index (χ3v) is 3.55. The lowest BCUT2D eigenvalue weighted by Gasteiger charge is -2.33. The molecule has 0 saturated heterocycles. The van der Waals surface area contributed by atoms with Crippen molar-refractivity contribution in [3.8, 4) is 0 Å². The van der Waals surface area contributed by atoms with Crippen LogP contribution in [0.2, 0.25) is 0 Å². The van der Waals surface area contributed by atoms with E-state index in [1.807, 2.05) is 0 Å². The minimum Gasteiger partial charge on any atom is -0.501 e. The molecular weight excluding hydrogens is 139 g/mol. The number of hydrogen-bond acceptors (Lipinski definition) is 1. The SMILES string of the molecule is CCC(CC)C(C)(C)[O][AlH2]. The number of rotatable bonds is 4. The number of hydrogen-bond donors (Lipinski definition) is 0. The van der Waals surface area contributed by atoms with Crippen molar-refractivity contribution >= 4 is 16.6 Å². The second kappa shape index (κ2) is 4.39. The Balaban J connectivity index is 3.97. The molecule has 0 N–H and O–H groups in total. The molecular formula is C8H19AlO. The fraction of sp³-hybridized carbons (Fsp3) is 1.00. The Kier molecular flexibility index (Phi) is 4.60. The first-order chi connectivity index (χ1) is 4.58. The summed E-state index contributed by atoms with van der Waals surface area (Å²) in [5.74, 6) is 0.727. The first-order valence-electron chi connectivity index (χ1n) is 4.13. The summed E-state index contributed by atoms with van der Waals surface area (Å²) >= 11 is 0.854. The van der Waals surface area contributed by atoms with Gasteiger partial charge in [-0.3, -0.25) is 0 Å². The maximum absolute atomic E-state index is 5.52. The highest BCUT2D eigenvalue weighted by molar-refractivity contribution is 5.98. The maximum atomic E-state index is 5.52. The maximum Gasteiger partial charge on any atom is 0.410 e. The summed E-state index contributed by atoms with van der Waals surface area (Å²) < 4.78 is 5.52. The van der Waals surface area contributed by atoms with E-state index >= 15 is 0 Å². The highest BCUT2D eigenvalue weighted by Gasteiger charge is 2.24. The summed E-state index contributed by atoms with van der Waals surface area (Å²) in [7, 11) is 0. The van der Waals surface area contributed by atoms with Crippen LogP contribution in [-0.4, -0.2) is 22.2 Å². The van der Waals surface area contributed by atoms with Crippen LogP contribution in [0.5, 0.6) is 0 Å². The molecule has 0 aromatic rings. The van der Waals surface area contributed by atoms with Gasteiger partial charge in [0.2, 0.25) is 0 Å². The van der Waals surface area contributed by atoms with Gasteiger partial charge in [-0.25, -0.2) is 0 Å². The molecule has 0 aliphatic carbocycles. The van der Waals surface area contributed by atoms with Gasteiger partial charge >= 0.3 is 16.6 Å². The molecule has 0 amide bonds. The minimum absolute atomic E-state index is 0.121. The molecule has 0 rings (SSSR count). The molecule has 0 aliphatic heterocycles. The summed E-state index contributed by atoms with van der Waals surface area (Å²) in [6, 6.07) is 0. The quantitative estimate of drug-likeness (QED) is 0.566. The van der Waals surface area contributed by atoms with Crippen LogP contribution in [-0.2, 0) is 3.79 Å². The molecule has 1 nitrogen and oxygen atoms in total. The van der Waals surface area contributed by atoms with Crippen molar-refractivity contribution in [2.75, 3.05) is 0 Å². The van der Waals surface area contributed by atoms with E-state index in [2.05, 4.69) is 27.7 Å². The van der Waals surface area contributed by atoms with Crippen molar-refractivity contribution in [1.29, 1.82) is 0 Å². The van der Waals surface area contributed by atoms with Crippen molar-refractivity contribution in [1.82, 2.24) is 0 Å². The van der Waals surface area contributed by atoms with E-state index in [1.165, 1.54) is 12.8 Å². The Morgan fingerprint density at radius 2 is 1.70 bits per heavy atom. The van der Waals surface area contributed by atoms with E-state index in [4.69, 9.17) is 3.79 Å². The molecule has 0 radical (unpaired) electrons. The van der Waals surface area contributed by atoms with Crippen molar-refractivity contribution in [3.63, 3.8) is 0 Å². The van der Waals surface area contributed by atoms with Crippen LogP contribution >= 0.6 is 0 Å². The second-order valence-corrected chi connectivity index (χ2v) is 3.73. The van der Waals surface area contributed by atoms with Gasteiger partial charge < -0.3 is 3.79 Å².